The minimum Gasteiger partial charge on any atom is -0.456 e. The van der Waals surface area contributed by atoms with Crippen molar-refractivity contribution in [2.75, 3.05) is 4.90 Å². The van der Waals surface area contributed by atoms with Crippen LogP contribution in [0.1, 0.15) is 36.6 Å². The molecule has 7 heteroatoms. The first kappa shape index (κ1) is 26.8. The molecule has 0 N–H and O–H groups in total. The van der Waals surface area contributed by atoms with E-state index < -0.39 is 17.8 Å². The summed E-state index contributed by atoms with van der Waals surface area (Å²) in [6.45, 7) is 2.02. The summed E-state index contributed by atoms with van der Waals surface area (Å²) in [5, 5.41) is 1.64. The van der Waals surface area contributed by atoms with E-state index in [4.69, 9.17) is 14.1 Å². The molecule has 0 atom stereocenters. The molecule has 1 aliphatic heterocycles. The highest BCUT2D eigenvalue weighted by atomic mass is 16.5. The maximum Gasteiger partial charge on any atom is 0.343 e. The van der Waals surface area contributed by atoms with Crippen molar-refractivity contribution in [2.45, 2.75) is 6.92 Å². The number of amides is 2. The van der Waals surface area contributed by atoms with Crippen LogP contribution in [0, 0.1) is 6.92 Å². The minimum absolute atomic E-state index is 0.205. The molecule has 2 heterocycles. The quantitative estimate of drug-likeness (QED) is 0.119. The highest BCUT2D eigenvalue weighted by molar-refractivity contribution is 6.34. The summed E-state index contributed by atoms with van der Waals surface area (Å²) in [6.07, 6.45) is 0. The average molecular weight is 577 g/mol. The Morgan fingerprint density at radius 2 is 1.43 bits per heavy atom. The Bertz CT molecular complexity index is 2130. The van der Waals surface area contributed by atoms with E-state index in [2.05, 4.69) is 0 Å². The lowest BCUT2D eigenvalue weighted by molar-refractivity contribution is 0.0733. The summed E-state index contributed by atoms with van der Waals surface area (Å²) in [5.74, 6) is -0.446. The second-order valence-corrected chi connectivity index (χ2v) is 10.4. The van der Waals surface area contributed by atoms with Gasteiger partial charge in [0.2, 0.25) is 0 Å². The number of fused-ring (bicyclic) bond motifs is 2. The largest absolute Gasteiger partial charge is 0.456 e. The molecule has 0 radical (unpaired) electrons. The van der Waals surface area contributed by atoms with Gasteiger partial charge in [0.15, 0.2) is 0 Å². The van der Waals surface area contributed by atoms with Gasteiger partial charge < -0.3 is 9.15 Å². The topological polar surface area (TPSA) is 89.2 Å². The van der Waals surface area contributed by atoms with E-state index in [-0.39, 0.29) is 5.56 Å². The molecule has 212 valence electrons. The van der Waals surface area contributed by atoms with Crippen LogP contribution in [-0.4, -0.2) is 17.8 Å². The summed E-state index contributed by atoms with van der Waals surface area (Å²) in [7, 11) is 0. The van der Waals surface area contributed by atoms with Crippen molar-refractivity contribution >= 4 is 40.1 Å². The van der Waals surface area contributed by atoms with Crippen LogP contribution < -0.4 is 15.0 Å². The molecule has 1 aromatic heterocycles. The number of carbonyl (C=O) groups is 3. The number of rotatable bonds is 5. The first-order chi connectivity index (χ1) is 21.4. The minimum atomic E-state index is -0.619. The Hall–Kier alpha value is -6.08. The number of esters is 1. The number of anilines is 1. The molecule has 2 amide bonds. The van der Waals surface area contributed by atoms with E-state index in [1.165, 1.54) is 6.07 Å². The Kier molecular flexibility index (Phi) is 6.68. The van der Waals surface area contributed by atoms with E-state index in [1.807, 2.05) is 61.5 Å². The van der Waals surface area contributed by atoms with E-state index in [1.54, 1.807) is 66.7 Å². The van der Waals surface area contributed by atoms with Gasteiger partial charge in [0.25, 0.3) is 11.8 Å². The highest BCUT2D eigenvalue weighted by Gasteiger charge is 2.36. The fourth-order valence-electron chi connectivity index (χ4n) is 5.21. The van der Waals surface area contributed by atoms with Crippen LogP contribution in [-0.2, 0) is 0 Å². The number of nitrogens with zero attached hydrogens (tertiary/aromatic N) is 2. The smallest absolute Gasteiger partial charge is 0.343 e. The number of hydrogen-bond acceptors (Lipinski definition) is 6. The zero-order valence-electron chi connectivity index (χ0n) is 23.6. The van der Waals surface area contributed by atoms with Crippen LogP contribution in [0.15, 0.2) is 137 Å². The number of imide groups is 1. The van der Waals surface area contributed by atoms with E-state index >= 15 is 0 Å². The van der Waals surface area contributed by atoms with Crippen LogP contribution in [0.4, 0.5) is 11.4 Å². The summed E-state index contributed by atoms with van der Waals surface area (Å²) in [4.78, 5) is 44.8. The van der Waals surface area contributed by atoms with Crippen molar-refractivity contribution in [2.24, 2.45) is 4.99 Å². The van der Waals surface area contributed by atoms with E-state index in [0.29, 0.717) is 34.0 Å². The number of benzene rings is 5. The summed E-state index contributed by atoms with van der Waals surface area (Å²) < 4.78 is 11.8. The molecule has 0 saturated heterocycles. The maximum absolute atomic E-state index is 13.0. The summed E-state index contributed by atoms with van der Waals surface area (Å²) >= 11 is 0. The first-order valence-corrected chi connectivity index (χ1v) is 14.0. The van der Waals surface area contributed by atoms with Crippen molar-refractivity contribution in [1.82, 2.24) is 0 Å². The van der Waals surface area contributed by atoms with Gasteiger partial charge in [-0.05, 0) is 73.7 Å². The normalized spacial score (nSPS) is 12.9. The second-order valence-electron chi connectivity index (χ2n) is 10.4. The standard InChI is InChI=1S/C37H24N2O5/c1-23-14-19-33-31(20-23)32(22-34(44-33)24-8-3-2-4-9-24)38-26-15-17-28(18-16-26)43-37(42)25-10-7-11-27(21-25)39-35(40)29-12-5-6-13-30(29)36(39)41/h2-22H,1H3. The van der Waals surface area contributed by atoms with Crippen LogP contribution in [0.2, 0.25) is 0 Å². The molecule has 0 unspecified atom stereocenters. The highest BCUT2D eigenvalue weighted by Crippen LogP contribution is 2.29. The number of aryl methyl sites for hydroxylation is 1. The lowest BCUT2D eigenvalue weighted by Crippen LogP contribution is -2.29. The second kappa shape index (κ2) is 11.0. The molecule has 0 spiro atoms. The van der Waals surface area contributed by atoms with Gasteiger partial charge >= 0.3 is 5.97 Å². The van der Waals surface area contributed by atoms with Crippen LogP contribution in [0.5, 0.6) is 5.75 Å². The Labute approximate surface area is 252 Å². The Morgan fingerprint density at radius 1 is 0.727 bits per heavy atom. The Morgan fingerprint density at radius 3 is 2.16 bits per heavy atom. The van der Waals surface area contributed by atoms with Crippen molar-refractivity contribution in [1.29, 1.82) is 0 Å². The van der Waals surface area contributed by atoms with Crippen molar-refractivity contribution < 1.29 is 23.5 Å². The first-order valence-electron chi connectivity index (χ1n) is 14.0. The van der Waals surface area contributed by atoms with Crippen LogP contribution in [0.25, 0.3) is 22.3 Å². The zero-order chi connectivity index (χ0) is 30.2. The zero-order valence-corrected chi connectivity index (χ0v) is 23.6. The Balaban J connectivity index is 1.14. The molecule has 7 nitrogen and oxygen atoms in total. The van der Waals surface area contributed by atoms with Gasteiger partial charge in [-0.3, -0.25) is 9.59 Å². The number of hydrogen-bond donors (Lipinski definition) is 0. The number of carbonyl (C=O) groups excluding carboxylic acids is 3. The van der Waals surface area contributed by atoms with Gasteiger partial charge in [-0.25, -0.2) is 14.7 Å². The van der Waals surface area contributed by atoms with Crippen molar-refractivity contribution in [3.05, 3.63) is 155 Å². The van der Waals surface area contributed by atoms with Crippen LogP contribution in [0.3, 0.4) is 0 Å². The van der Waals surface area contributed by atoms with Gasteiger partial charge in [-0.1, -0.05) is 60.2 Å². The fourth-order valence-corrected chi connectivity index (χ4v) is 5.21. The molecular weight excluding hydrogens is 552 g/mol. The maximum atomic E-state index is 13.0. The molecule has 1 aliphatic rings. The SMILES string of the molecule is Cc1ccc2oc(-c3ccccc3)cc(=Nc3ccc(OC(=O)c4cccc(N5C(=O)c6ccccc6C5=O)c4)cc3)c2c1. The van der Waals surface area contributed by atoms with Crippen LogP contribution >= 0.6 is 0 Å². The molecular formula is C37H24N2O5. The lowest BCUT2D eigenvalue weighted by Gasteiger charge is -2.14. The predicted molar refractivity (Wildman–Crippen MR) is 167 cm³/mol. The van der Waals surface area contributed by atoms with Crippen molar-refractivity contribution in [3.63, 3.8) is 0 Å². The predicted octanol–water partition coefficient (Wildman–Crippen LogP) is 7.66. The van der Waals surface area contributed by atoms with E-state index in [0.717, 1.165) is 32.4 Å². The lowest BCUT2D eigenvalue weighted by atomic mass is 10.1. The average Bonchev–Trinajstić information content (AvgIpc) is 3.31. The van der Waals surface area contributed by atoms with Crippen molar-refractivity contribution in [3.8, 4) is 17.1 Å². The molecule has 7 rings (SSSR count). The van der Waals surface area contributed by atoms with Gasteiger partial charge in [-0.2, -0.15) is 0 Å². The third-order valence-corrected chi connectivity index (χ3v) is 7.39. The van der Waals surface area contributed by atoms with Gasteiger partial charge in [0.05, 0.1) is 33.4 Å². The molecule has 0 aliphatic carbocycles. The third kappa shape index (κ3) is 4.97. The van der Waals surface area contributed by atoms with E-state index in [9.17, 15) is 14.4 Å². The molecule has 5 aromatic carbocycles. The van der Waals surface area contributed by atoms with Gasteiger partial charge in [-0.15, -0.1) is 0 Å². The molecule has 0 saturated carbocycles. The summed E-state index contributed by atoms with van der Waals surface area (Å²) in [5.41, 5.74) is 4.60. The number of ether oxygens (including phenoxy) is 1. The van der Waals surface area contributed by atoms with Gasteiger partial charge in [0.1, 0.15) is 17.1 Å². The van der Waals surface area contributed by atoms with Gasteiger partial charge in [0, 0.05) is 17.0 Å². The third-order valence-electron chi connectivity index (χ3n) is 7.39. The molecule has 0 bridgehead atoms. The fraction of sp³-hybridized carbons (Fsp3) is 0.0270. The molecule has 6 aromatic rings. The summed E-state index contributed by atoms with van der Waals surface area (Å²) in [6, 6.07) is 37.6. The molecule has 44 heavy (non-hydrogen) atoms. The molecule has 0 fully saturated rings. The monoisotopic (exact) mass is 576 g/mol.